The number of amides is 1. The molecule has 1 amide bonds. The Morgan fingerprint density at radius 1 is 1.03 bits per heavy atom. The number of nitrogens with one attached hydrogen (secondary N) is 1. The Kier molecular flexibility index (Phi) is 6.94. The van der Waals surface area contributed by atoms with Crippen LogP contribution in [-0.4, -0.2) is 15.5 Å². The van der Waals surface area contributed by atoms with Crippen molar-refractivity contribution >= 4 is 51.0 Å². The summed E-state index contributed by atoms with van der Waals surface area (Å²) >= 11 is 7.34. The normalized spacial score (nSPS) is 11.4. The van der Waals surface area contributed by atoms with Gasteiger partial charge in [0.25, 0.3) is 5.91 Å². The minimum atomic E-state index is -0.482. The molecule has 2 heterocycles. The van der Waals surface area contributed by atoms with Crippen LogP contribution in [0, 0.1) is 11.3 Å². The minimum absolute atomic E-state index is 0.0204. The highest BCUT2D eigenvalue weighted by Crippen LogP contribution is 2.26. The Morgan fingerprint density at radius 3 is 2.56 bits per heavy atom. The van der Waals surface area contributed by atoms with E-state index in [-0.39, 0.29) is 5.57 Å². The second kappa shape index (κ2) is 10.6. The Balaban J connectivity index is 1.36. The van der Waals surface area contributed by atoms with Gasteiger partial charge in [-0.15, -0.1) is 11.3 Å². The summed E-state index contributed by atoms with van der Waals surface area (Å²) in [5, 5.41) is 14.7. The fraction of sp³-hybridized carbons (Fsp3) is 0.0690. The summed E-state index contributed by atoms with van der Waals surface area (Å²) in [4.78, 5) is 18.2. The SMILES string of the molecule is N#CC(=Cc1cn(Cc2ccccc2)c2ccccc12)C(=O)Nc1ncc(Cc2ccc(Cl)cc2)s1. The van der Waals surface area contributed by atoms with Crippen molar-refractivity contribution in [3.63, 3.8) is 0 Å². The number of para-hydroxylation sites is 1. The van der Waals surface area contributed by atoms with Crippen LogP contribution in [-0.2, 0) is 17.8 Å². The molecule has 5 aromatic rings. The third kappa shape index (κ3) is 5.38. The van der Waals surface area contributed by atoms with Crippen LogP contribution in [0.3, 0.4) is 0 Å². The average molecular weight is 509 g/mol. The lowest BCUT2D eigenvalue weighted by Gasteiger charge is -2.05. The fourth-order valence-corrected chi connectivity index (χ4v) is 4.99. The summed E-state index contributed by atoms with van der Waals surface area (Å²) in [7, 11) is 0. The number of hydrogen-bond acceptors (Lipinski definition) is 4. The first-order valence-electron chi connectivity index (χ1n) is 11.3. The Bertz CT molecular complexity index is 1590. The van der Waals surface area contributed by atoms with Gasteiger partial charge in [0.15, 0.2) is 5.13 Å². The molecule has 0 spiro atoms. The third-order valence-corrected chi connectivity index (χ3v) is 6.91. The lowest BCUT2D eigenvalue weighted by molar-refractivity contribution is -0.112. The average Bonchev–Trinajstić information content (AvgIpc) is 3.48. The van der Waals surface area contributed by atoms with E-state index in [1.165, 1.54) is 16.9 Å². The number of thiazole rings is 1. The molecule has 36 heavy (non-hydrogen) atoms. The van der Waals surface area contributed by atoms with Crippen LogP contribution in [0.25, 0.3) is 17.0 Å². The topological polar surface area (TPSA) is 70.7 Å². The van der Waals surface area contributed by atoms with Gasteiger partial charge in [-0.2, -0.15) is 5.26 Å². The molecule has 0 unspecified atom stereocenters. The van der Waals surface area contributed by atoms with E-state index in [2.05, 4.69) is 33.1 Å². The molecule has 0 aliphatic rings. The van der Waals surface area contributed by atoms with Gasteiger partial charge in [-0.3, -0.25) is 10.1 Å². The first-order chi connectivity index (χ1) is 17.6. The van der Waals surface area contributed by atoms with Crippen LogP contribution in [0.2, 0.25) is 5.02 Å². The number of halogens is 1. The van der Waals surface area contributed by atoms with Crippen molar-refractivity contribution in [2.45, 2.75) is 13.0 Å². The van der Waals surface area contributed by atoms with Crippen molar-refractivity contribution in [2.75, 3.05) is 5.32 Å². The Morgan fingerprint density at radius 2 is 1.78 bits per heavy atom. The quantitative estimate of drug-likeness (QED) is 0.191. The molecule has 0 atom stereocenters. The van der Waals surface area contributed by atoms with Crippen molar-refractivity contribution in [3.8, 4) is 6.07 Å². The standard InChI is InChI=1S/C29H21ClN4OS/c30-24-12-10-20(11-13-24)14-25-17-32-29(36-25)33-28(35)22(16-31)15-23-19-34(18-21-6-2-1-3-7-21)27-9-5-4-8-26(23)27/h1-13,15,17,19H,14,18H2,(H,32,33,35). The van der Waals surface area contributed by atoms with Gasteiger partial charge in [0.2, 0.25) is 0 Å². The van der Waals surface area contributed by atoms with E-state index in [9.17, 15) is 10.1 Å². The zero-order valence-corrected chi connectivity index (χ0v) is 20.8. The highest BCUT2D eigenvalue weighted by atomic mass is 35.5. The monoisotopic (exact) mass is 508 g/mol. The molecule has 0 fully saturated rings. The van der Waals surface area contributed by atoms with Crippen molar-refractivity contribution in [2.24, 2.45) is 0 Å². The lowest BCUT2D eigenvalue weighted by Crippen LogP contribution is -2.13. The van der Waals surface area contributed by atoms with E-state index in [1.54, 1.807) is 12.3 Å². The van der Waals surface area contributed by atoms with E-state index in [4.69, 9.17) is 11.6 Å². The Labute approximate surface area is 217 Å². The minimum Gasteiger partial charge on any atom is -0.342 e. The zero-order chi connectivity index (χ0) is 24.9. The first kappa shape index (κ1) is 23.6. The number of anilines is 1. The Hall–Kier alpha value is -4.18. The van der Waals surface area contributed by atoms with Gasteiger partial charge in [-0.1, -0.05) is 72.3 Å². The molecule has 0 aliphatic carbocycles. The van der Waals surface area contributed by atoms with Crippen molar-refractivity contribution in [1.82, 2.24) is 9.55 Å². The maximum Gasteiger partial charge on any atom is 0.268 e. The van der Waals surface area contributed by atoms with Gasteiger partial charge in [-0.25, -0.2) is 4.98 Å². The number of aromatic nitrogens is 2. The summed E-state index contributed by atoms with van der Waals surface area (Å²) in [6.07, 6.45) is 6.05. The molecule has 1 N–H and O–H groups in total. The van der Waals surface area contributed by atoms with Crippen LogP contribution >= 0.6 is 22.9 Å². The van der Waals surface area contributed by atoms with E-state index in [0.717, 1.165) is 26.9 Å². The number of benzene rings is 3. The molecule has 5 nitrogen and oxygen atoms in total. The zero-order valence-electron chi connectivity index (χ0n) is 19.2. The second-order valence-electron chi connectivity index (χ2n) is 8.27. The molecule has 176 valence electrons. The molecule has 3 aromatic carbocycles. The third-order valence-electron chi connectivity index (χ3n) is 5.75. The van der Waals surface area contributed by atoms with Crippen LogP contribution in [0.5, 0.6) is 0 Å². The van der Waals surface area contributed by atoms with Gasteiger partial charge in [0.1, 0.15) is 11.6 Å². The van der Waals surface area contributed by atoms with Gasteiger partial charge >= 0.3 is 0 Å². The number of nitriles is 1. The maximum absolute atomic E-state index is 12.9. The number of carbonyl (C=O) groups is 1. The van der Waals surface area contributed by atoms with Crippen LogP contribution in [0.4, 0.5) is 5.13 Å². The lowest BCUT2D eigenvalue weighted by atomic mass is 10.1. The number of carbonyl (C=O) groups excluding carboxylic acids is 1. The fourth-order valence-electron chi connectivity index (χ4n) is 4.02. The molecular weight excluding hydrogens is 488 g/mol. The summed E-state index contributed by atoms with van der Waals surface area (Å²) in [5.41, 5.74) is 4.15. The van der Waals surface area contributed by atoms with E-state index in [0.29, 0.717) is 23.1 Å². The number of fused-ring (bicyclic) bond motifs is 1. The van der Waals surface area contributed by atoms with E-state index >= 15 is 0 Å². The molecule has 0 radical (unpaired) electrons. The van der Waals surface area contributed by atoms with Gasteiger partial charge in [0.05, 0.1) is 0 Å². The van der Waals surface area contributed by atoms with E-state index in [1.807, 2.05) is 72.9 Å². The van der Waals surface area contributed by atoms with Crippen molar-refractivity contribution in [3.05, 3.63) is 123 Å². The summed E-state index contributed by atoms with van der Waals surface area (Å²) in [5.74, 6) is -0.482. The highest BCUT2D eigenvalue weighted by Gasteiger charge is 2.15. The van der Waals surface area contributed by atoms with Crippen molar-refractivity contribution < 1.29 is 4.79 Å². The molecule has 2 aromatic heterocycles. The number of rotatable bonds is 7. The van der Waals surface area contributed by atoms with E-state index < -0.39 is 5.91 Å². The molecule has 0 aliphatic heterocycles. The van der Waals surface area contributed by atoms with Gasteiger partial charge in [0, 0.05) is 51.7 Å². The smallest absolute Gasteiger partial charge is 0.268 e. The molecule has 0 saturated heterocycles. The molecule has 7 heteroatoms. The maximum atomic E-state index is 12.9. The molecule has 0 bridgehead atoms. The molecular formula is C29H21ClN4OS. The summed E-state index contributed by atoms with van der Waals surface area (Å²) < 4.78 is 2.13. The predicted octanol–water partition coefficient (Wildman–Crippen LogP) is 6.94. The van der Waals surface area contributed by atoms with Gasteiger partial charge in [-0.05, 0) is 35.4 Å². The second-order valence-corrected chi connectivity index (χ2v) is 9.83. The predicted molar refractivity (Wildman–Crippen MR) is 146 cm³/mol. The van der Waals surface area contributed by atoms with Crippen LogP contribution in [0.15, 0.2) is 96.8 Å². The molecule has 0 saturated carbocycles. The highest BCUT2D eigenvalue weighted by molar-refractivity contribution is 7.15. The summed E-state index contributed by atoms with van der Waals surface area (Å²) in [6.45, 7) is 0.693. The van der Waals surface area contributed by atoms with Crippen molar-refractivity contribution in [1.29, 1.82) is 5.26 Å². The van der Waals surface area contributed by atoms with Crippen LogP contribution < -0.4 is 5.32 Å². The molecule has 5 rings (SSSR count). The number of hydrogen-bond donors (Lipinski definition) is 1. The van der Waals surface area contributed by atoms with Gasteiger partial charge < -0.3 is 4.57 Å². The number of nitrogens with zero attached hydrogens (tertiary/aromatic N) is 3. The summed E-state index contributed by atoms with van der Waals surface area (Å²) in [6, 6.07) is 27.8. The first-order valence-corrected chi connectivity index (χ1v) is 12.5. The largest absolute Gasteiger partial charge is 0.342 e. The van der Waals surface area contributed by atoms with Crippen LogP contribution in [0.1, 0.15) is 21.6 Å².